The normalized spacial score (nSPS) is 10.3. The number of rotatable bonds is 7. The summed E-state index contributed by atoms with van der Waals surface area (Å²) in [6.45, 7) is 5.15. The molecule has 0 radical (unpaired) electrons. The van der Waals surface area contributed by atoms with Crippen LogP contribution in [0.5, 0.6) is 0 Å². The molecule has 0 atom stereocenters. The second-order valence-corrected chi connectivity index (χ2v) is 6.13. The fourth-order valence-electron chi connectivity index (χ4n) is 2.69. The first-order valence-electron chi connectivity index (χ1n) is 8.90. The lowest BCUT2D eigenvalue weighted by Crippen LogP contribution is -2.24. The summed E-state index contributed by atoms with van der Waals surface area (Å²) in [6, 6.07) is 19.6. The summed E-state index contributed by atoms with van der Waals surface area (Å²) in [5.41, 5.74) is 2.87. The van der Waals surface area contributed by atoms with Gasteiger partial charge in [-0.05, 0) is 42.8 Å². The Hall–Kier alpha value is -3.41. The first-order chi connectivity index (χ1) is 13.1. The van der Waals surface area contributed by atoms with Crippen LogP contribution >= 0.6 is 0 Å². The molecule has 2 aromatic carbocycles. The van der Waals surface area contributed by atoms with Crippen LogP contribution < -0.4 is 15.5 Å². The van der Waals surface area contributed by atoms with Crippen molar-refractivity contribution in [2.24, 2.45) is 0 Å². The van der Waals surface area contributed by atoms with Gasteiger partial charge < -0.3 is 15.5 Å². The molecular formula is C21H23N5O. The second-order valence-electron chi connectivity index (χ2n) is 6.13. The van der Waals surface area contributed by atoms with E-state index in [-0.39, 0.29) is 5.91 Å². The molecule has 138 valence electrons. The van der Waals surface area contributed by atoms with E-state index in [1.54, 1.807) is 6.20 Å². The van der Waals surface area contributed by atoms with Gasteiger partial charge in [0.25, 0.3) is 0 Å². The number of aromatic nitrogens is 2. The van der Waals surface area contributed by atoms with Gasteiger partial charge in [0.2, 0.25) is 11.9 Å². The van der Waals surface area contributed by atoms with E-state index in [4.69, 9.17) is 0 Å². The summed E-state index contributed by atoms with van der Waals surface area (Å²) in [6.07, 6.45) is 1.75. The average molecular weight is 361 g/mol. The molecule has 6 heteroatoms. The molecule has 3 aromatic rings. The van der Waals surface area contributed by atoms with Gasteiger partial charge in [-0.15, -0.1) is 0 Å². The molecule has 0 saturated heterocycles. The lowest BCUT2D eigenvalue weighted by molar-refractivity contribution is -0.114. The Labute approximate surface area is 159 Å². The Balaban J connectivity index is 1.71. The maximum Gasteiger partial charge on any atom is 0.227 e. The smallest absolute Gasteiger partial charge is 0.227 e. The summed E-state index contributed by atoms with van der Waals surface area (Å²) in [5.74, 6) is 1.31. The fourth-order valence-corrected chi connectivity index (χ4v) is 2.69. The van der Waals surface area contributed by atoms with E-state index in [1.165, 1.54) is 12.5 Å². The van der Waals surface area contributed by atoms with Gasteiger partial charge >= 0.3 is 0 Å². The maximum atomic E-state index is 11.1. The molecule has 2 N–H and O–H groups in total. The van der Waals surface area contributed by atoms with Crippen molar-refractivity contribution in [3.63, 3.8) is 0 Å². The molecule has 0 saturated carbocycles. The van der Waals surface area contributed by atoms with E-state index >= 15 is 0 Å². The van der Waals surface area contributed by atoms with Crippen molar-refractivity contribution >= 4 is 29.0 Å². The van der Waals surface area contributed by atoms with Gasteiger partial charge in [-0.25, -0.2) is 4.98 Å². The Morgan fingerprint density at radius 1 is 1.00 bits per heavy atom. The van der Waals surface area contributed by atoms with Gasteiger partial charge in [-0.2, -0.15) is 4.98 Å². The SMILES string of the molecule is CCN(Cc1ccccc1)c1nccc(Nc2ccc(NC(C)=O)cc2)n1. The second kappa shape index (κ2) is 8.80. The minimum atomic E-state index is -0.0887. The minimum Gasteiger partial charge on any atom is -0.340 e. The Bertz CT molecular complexity index is 881. The molecule has 0 aliphatic carbocycles. The van der Waals surface area contributed by atoms with Gasteiger partial charge in [-0.3, -0.25) is 4.79 Å². The number of amides is 1. The molecule has 0 fully saturated rings. The molecular weight excluding hydrogens is 338 g/mol. The number of hydrogen-bond donors (Lipinski definition) is 2. The first-order valence-corrected chi connectivity index (χ1v) is 8.90. The Morgan fingerprint density at radius 3 is 2.37 bits per heavy atom. The standard InChI is InChI=1S/C21H23N5O/c1-3-26(15-17-7-5-4-6-8-17)21-22-14-13-20(25-21)24-19-11-9-18(10-12-19)23-16(2)27/h4-14H,3,15H2,1-2H3,(H,23,27)(H,22,24,25). The summed E-state index contributed by atoms with van der Waals surface area (Å²) >= 11 is 0. The zero-order valence-electron chi connectivity index (χ0n) is 15.5. The lowest BCUT2D eigenvalue weighted by Gasteiger charge is -2.21. The Morgan fingerprint density at radius 2 is 1.70 bits per heavy atom. The van der Waals surface area contributed by atoms with Crippen LogP contribution in [0.4, 0.5) is 23.1 Å². The van der Waals surface area contributed by atoms with Crippen LogP contribution in [-0.4, -0.2) is 22.4 Å². The van der Waals surface area contributed by atoms with Crippen LogP contribution in [-0.2, 0) is 11.3 Å². The predicted octanol–water partition coefficient (Wildman–Crippen LogP) is 4.21. The fraction of sp³-hybridized carbons (Fsp3) is 0.190. The van der Waals surface area contributed by atoms with Crippen LogP contribution in [0.3, 0.4) is 0 Å². The van der Waals surface area contributed by atoms with E-state index in [0.717, 1.165) is 30.3 Å². The molecule has 1 heterocycles. The minimum absolute atomic E-state index is 0.0887. The van der Waals surface area contributed by atoms with Crippen LogP contribution in [0.25, 0.3) is 0 Å². The average Bonchev–Trinajstić information content (AvgIpc) is 2.68. The molecule has 1 amide bonds. The maximum absolute atomic E-state index is 11.1. The van der Waals surface area contributed by atoms with E-state index in [1.807, 2.05) is 48.5 Å². The van der Waals surface area contributed by atoms with Gasteiger partial charge in [0.05, 0.1) is 0 Å². The van der Waals surface area contributed by atoms with Crippen molar-refractivity contribution < 1.29 is 4.79 Å². The van der Waals surface area contributed by atoms with Gasteiger partial charge in [0, 0.05) is 37.6 Å². The molecule has 0 spiro atoms. The molecule has 6 nitrogen and oxygen atoms in total. The summed E-state index contributed by atoms with van der Waals surface area (Å²) < 4.78 is 0. The highest BCUT2D eigenvalue weighted by Gasteiger charge is 2.09. The lowest BCUT2D eigenvalue weighted by atomic mass is 10.2. The number of nitrogens with zero attached hydrogens (tertiary/aromatic N) is 3. The number of benzene rings is 2. The van der Waals surface area contributed by atoms with Crippen molar-refractivity contribution in [2.75, 3.05) is 22.1 Å². The topological polar surface area (TPSA) is 70.2 Å². The molecule has 0 unspecified atom stereocenters. The molecule has 0 bridgehead atoms. The molecule has 3 rings (SSSR count). The third kappa shape index (κ3) is 5.28. The predicted molar refractivity (Wildman–Crippen MR) is 109 cm³/mol. The van der Waals surface area contributed by atoms with Crippen molar-refractivity contribution in [1.29, 1.82) is 0 Å². The highest BCUT2D eigenvalue weighted by atomic mass is 16.1. The van der Waals surface area contributed by atoms with Crippen molar-refractivity contribution in [2.45, 2.75) is 20.4 Å². The van der Waals surface area contributed by atoms with E-state index in [2.05, 4.69) is 44.6 Å². The van der Waals surface area contributed by atoms with Gasteiger partial charge in [0.15, 0.2) is 0 Å². The van der Waals surface area contributed by atoms with Crippen molar-refractivity contribution in [1.82, 2.24) is 9.97 Å². The van der Waals surface area contributed by atoms with E-state index < -0.39 is 0 Å². The zero-order valence-corrected chi connectivity index (χ0v) is 15.5. The van der Waals surface area contributed by atoms with E-state index in [9.17, 15) is 4.79 Å². The third-order valence-electron chi connectivity index (χ3n) is 4.00. The number of hydrogen-bond acceptors (Lipinski definition) is 5. The first kappa shape index (κ1) is 18.4. The summed E-state index contributed by atoms with van der Waals surface area (Å²) in [4.78, 5) is 22.3. The van der Waals surface area contributed by atoms with Gasteiger partial charge in [-0.1, -0.05) is 30.3 Å². The van der Waals surface area contributed by atoms with Crippen LogP contribution in [0.1, 0.15) is 19.4 Å². The summed E-state index contributed by atoms with van der Waals surface area (Å²) in [7, 11) is 0. The Kier molecular flexibility index (Phi) is 5.99. The third-order valence-corrected chi connectivity index (χ3v) is 4.00. The van der Waals surface area contributed by atoms with Crippen LogP contribution in [0.15, 0.2) is 66.9 Å². The molecule has 1 aromatic heterocycles. The number of nitrogens with one attached hydrogen (secondary N) is 2. The molecule has 27 heavy (non-hydrogen) atoms. The number of carbonyl (C=O) groups excluding carboxylic acids is 1. The molecule has 0 aliphatic rings. The zero-order chi connectivity index (χ0) is 19.1. The monoisotopic (exact) mass is 361 g/mol. The largest absolute Gasteiger partial charge is 0.340 e. The highest BCUT2D eigenvalue weighted by molar-refractivity contribution is 5.88. The van der Waals surface area contributed by atoms with Crippen molar-refractivity contribution in [3.8, 4) is 0 Å². The molecule has 0 aliphatic heterocycles. The number of carbonyl (C=O) groups is 1. The van der Waals surface area contributed by atoms with Crippen molar-refractivity contribution in [3.05, 3.63) is 72.4 Å². The van der Waals surface area contributed by atoms with E-state index in [0.29, 0.717) is 5.95 Å². The van der Waals surface area contributed by atoms with Crippen LogP contribution in [0.2, 0.25) is 0 Å². The summed E-state index contributed by atoms with van der Waals surface area (Å²) in [5, 5.41) is 6.03. The quantitative estimate of drug-likeness (QED) is 0.660. The van der Waals surface area contributed by atoms with Gasteiger partial charge in [0.1, 0.15) is 5.82 Å². The van der Waals surface area contributed by atoms with Crippen LogP contribution in [0, 0.1) is 0 Å². The highest BCUT2D eigenvalue weighted by Crippen LogP contribution is 2.20. The number of anilines is 4.